The van der Waals surface area contributed by atoms with Crippen LogP contribution in [0.15, 0.2) is 40.4 Å². The van der Waals surface area contributed by atoms with Crippen LogP contribution in [0.1, 0.15) is 0 Å². The predicted octanol–water partition coefficient (Wildman–Crippen LogP) is 3.56. The third kappa shape index (κ3) is 3.22. The molecule has 5 nitrogen and oxygen atoms in total. The Hall–Kier alpha value is -1.59. The molecule has 0 bridgehead atoms. The highest BCUT2D eigenvalue weighted by molar-refractivity contribution is 6.36. The van der Waals surface area contributed by atoms with E-state index in [1.807, 2.05) is 0 Å². The predicted molar refractivity (Wildman–Crippen MR) is 59.3 cm³/mol. The third-order valence-corrected chi connectivity index (χ3v) is 2.05. The van der Waals surface area contributed by atoms with E-state index in [0.29, 0.717) is 11.3 Å². The van der Waals surface area contributed by atoms with Gasteiger partial charge in [0.05, 0.1) is 5.02 Å². The zero-order valence-electron chi connectivity index (χ0n) is 7.76. The fraction of sp³-hybridized carbons (Fsp3) is 0. The standard InChI is InChI=1S/C9H6Cl2N2O3/c10-5-1-2-7(6(11)3-5)12-13-8(4-14)9(15)16/h1-4,14H,(H,15,16). The number of aliphatic hydroxyl groups excluding tert-OH is 1. The Morgan fingerprint density at radius 3 is 2.56 bits per heavy atom. The lowest BCUT2D eigenvalue weighted by molar-refractivity contribution is -0.132. The maximum Gasteiger partial charge on any atom is 0.359 e. The first-order chi connectivity index (χ1) is 7.54. The zero-order valence-corrected chi connectivity index (χ0v) is 9.27. The largest absolute Gasteiger partial charge is 0.513 e. The molecule has 0 unspecified atom stereocenters. The van der Waals surface area contributed by atoms with Crippen LogP contribution in [0.2, 0.25) is 10.0 Å². The van der Waals surface area contributed by atoms with Crippen LogP contribution in [-0.4, -0.2) is 16.2 Å². The minimum Gasteiger partial charge on any atom is -0.513 e. The molecule has 0 saturated heterocycles. The van der Waals surface area contributed by atoms with Crippen LogP contribution in [0, 0.1) is 0 Å². The summed E-state index contributed by atoms with van der Waals surface area (Å²) in [6.45, 7) is 0. The topological polar surface area (TPSA) is 82.2 Å². The normalized spacial score (nSPS) is 12.0. The van der Waals surface area contributed by atoms with Gasteiger partial charge in [0.25, 0.3) is 0 Å². The van der Waals surface area contributed by atoms with Crippen molar-refractivity contribution in [3.8, 4) is 0 Å². The quantitative estimate of drug-likeness (QED) is 0.495. The minimum atomic E-state index is -1.39. The number of aliphatic carboxylic acids is 1. The summed E-state index contributed by atoms with van der Waals surface area (Å²) in [5.41, 5.74) is -0.335. The van der Waals surface area contributed by atoms with Crippen molar-refractivity contribution in [3.63, 3.8) is 0 Å². The van der Waals surface area contributed by atoms with Gasteiger partial charge in [0.1, 0.15) is 11.9 Å². The van der Waals surface area contributed by atoms with E-state index in [4.69, 9.17) is 33.4 Å². The number of benzene rings is 1. The van der Waals surface area contributed by atoms with Crippen LogP contribution < -0.4 is 0 Å². The summed E-state index contributed by atoms with van der Waals surface area (Å²) in [4.78, 5) is 10.5. The monoisotopic (exact) mass is 260 g/mol. The van der Waals surface area contributed by atoms with Crippen molar-refractivity contribution in [3.05, 3.63) is 40.2 Å². The molecule has 0 aliphatic heterocycles. The van der Waals surface area contributed by atoms with E-state index >= 15 is 0 Å². The summed E-state index contributed by atoms with van der Waals surface area (Å²) in [6.07, 6.45) is 0.343. The summed E-state index contributed by atoms with van der Waals surface area (Å²) >= 11 is 11.4. The van der Waals surface area contributed by atoms with Crippen LogP contribution in [0.3, 0.4) is 0 Å². The average Bonchev–Trinajstić information content (AvgIpc) is 2.21. The maximum absolute atomic E-state index is 10.5. The summed E-state index contributed by atoms with van der Waals surface area (Å²) < 4.78 is 0. The van der Waals surface area contributed by atoms with E-state index in [9.17, 15) is 4.79 Å². The van der Waals surface area contributed by atoms with Crippen LogP contribution >= 0.6 is 23.2 Å². The second kappa shape index (κ2) is 5.48. The molecule has 0 aromatic heterocycles. The van der Waals surface area contributed by atoms with E-state index in [1.54, 1.807) is 0 Å². The Balaban J connectivity index is 2.96. The number of nitrogens with zero attached hydrogens (tertiary/aromatic N) is 2. The lowest BCUT2D eigenvalue weighted by atomic mass is 10.3. The minimum absolute atomic E-state index is 0.235. The molecule has 0 fully saturated rings. The Morgan fingerprint density at radius 2 is 2.06 bits per heavy atom. The third-order valence-electron chi connectivity index (χ3n) is 1.52. The van der Waals surface area contributed by atoms with Crippen molar-refractivity contribution in [1.29, 1.82) is 0 Å². The number of carboxylic acids is 1. The molecular weight excluding hydrogens is 255 g/mol. The van der Waals surface area contributed by atoms with Gasteiger partial charge in [-0.25, -0.2) is 4.79 Å². The number of hydrogen-bond donors (Lipinski definition) is 2. The van der Waals surface area contributed by atoms with Gasteiger partial charge in [-0.3, -0.25) is 0 Å². The fourth-order valence-electron chi connectivity index (χ4n) is 0.794. The van der Waals surface area contributed by atoms with Crippen molar-refractivity contribution in [1.82, 2.24) is 0 Å². The first kappa shape index (κ1) is 12.5. The Labute approximate surface area is 101 Å². The number of carboxylic acid groups (broad SMARTS) is 1. The highest BCUT2D eigenvalue weighted by atomic mass is 35.5. The first-order valence-corrected chi connectivity index (χ1v) is 4.74. The van der Waals surface area contributed by atoms with Crippen molar-refractivity contribution >= 4 is 34.9 Å². The van der Waals surface area contributed by atoms with Crippen LogP contribution in [0.5, 0.6) is 0 Å². The lowest BCUT2D eigenvalue weighted by Crippen LogP contribution is -1.96. The number of azo groups is 1. The molecule has 1 rings (SSSR count). The van der Waals surface area contributed by atoms with Crippen LogP contribution in [-0.2, 0) is 4.79 Å². The molecule has 1 aromatic rings. The molecule has 2 N–H and O–H groups in total. The second-order valence-corrected chi connectivity index (χ2v) is 3.46. The summed E-state index contributed by atoms with van der Waals surface area (Å²) in [5, 5.41) is 24.6. The van der Waals surface area contributed by atoms with Gasteiger partial charge in [-0.1, -0.05) is 23.2 Å². The van der Waals surface area contributed by atoms with Gasteiger partial charge in [0, 0.05) is 5.02 Å². The molecular formula is C9H6Cl2N2O3. The highest BCUT2D eigenvalue weighted by Crippen LogP contribution is 2.28. The summed E-state index contributed by atoms with van der Waals surface area (Å²) in [7, 11) is 0. The number of rotatable bonds is 3. The molecule has 0 aliphatic rings. The van der Waals surface area contributed by atoms with E-state index in [2.05, 4.69) is 10.2 Å². The number of aliphatic hydroxyl groups is 1. The number of hydrogen-bond acceptors (Lipinski definition) is 4. The molecule has 7 heteroatoms. The SMILES string of the molecule is O=C(O)C(=CO)N=Nc1ccc(Cl)cc1Cl. The second-order valence-electron chi connectivity index (χ2n) is 2.62. The highest BCUT2D eigenvalue weighted by Gasteiger charge is 2.06. The molecule has 0 atom stereocenters. The molecule has 0 heterocycles. The molecule has 16 heavy (non-hydrogen) atoms. The van der Waals surface area contributed by atoms with Gasteiger partial charge in [-0.15, -0.1) is 10.2 Å². The zero-order chi connectivity index (χ0) is 12.1. The van der Waals surface area contributed by atoms with Crippen molar-refractivity contribution in [2.75, 3.05) is 0 Å². The Kier molecular flexibility index (Phi) is 4.28. The van der Waals surface area contributed by atoms with Crippen LogP contribution in [0.25, 0.3) is 0 Å². The maximum atomic E-state index is 10.5. The van der Waals surface area contributed by atoms with Gasteiger partial charge in [-0.05, 0) is 18.2 Å². The number of halogens is 2. The van der Waals surface area contributed by atoms with Crippen molar-refractivity contribution in [2.24, 2.45) is 10.2 Å². The van der Waals surface area contributed by atoms with Crippen molar-refractivity contribution in [2.45, 2.75) is 0 Å². The molecule has 84 valence electrons. The van der Waals surface area contributed by atoms with Gasteiger partial charge < -0.3 is 10.2 Å². The summed E-state index contributed by atoms with van der Waals surface area (Å²) in [6, 6.07) is 4.45. The Bertz CT molecular complexity index is 472. The fourth-order valence-corrected chi connectivity index (χ4v) is 1.24. The molecule has 0 spiro atoms. The molecule has 0 aliphatic carbocycles. The van der Waals surface area contributed by atoms with E-state index in [0.717, 1.165) is 0 Å². The molecule has 1 aromatic carbocycles. The molecule has 0 saturated carbocycles. The van der Waals surface area contributed by atoms with Gasteiger partial charge >= 0.3 is 5.97 Å². The average molecular weight is 261 g/mol. The molecule has 0 amide bonds. The van der Waals surface area contributed by atoms with E-state index in [1.165, 1.54) is 18.2 Å². The number of carbonyl (C=O) groups is 1. The van der Waals surface area contributed by atoms with Gasteiger partial charge in [0.15, 0.2) is 0 Å². The Morgan fingerprint density at radius 1 is 1.38 bits per heavy atom. The van der Waals surface area contributed by atoms with E-state index < -0.39 is 11.7 Å². The summed E-state index contributed by atoms with van der Waals surface area (Å²) in [5.74, 6) is -1.39. The lowest BCUT2D eigenvalue weighted by Gasteiger charge is -1.97. The van der Waals surface area contributed by atoms with Gasteiger partial charge in [-0.2, -0.15) is 0 Å². The smallest absolute Gasteiger partial charge is 0.359 e. The van der Waals surface area contributed by atoms with Crippen molar-refractivity contribution < 1.29 is 15.0 Å². The first-order valence-electron chi connectivity index (χ1n) is 3.99. The molecule has 0 radical (unpaired) electrons. The van der Waals surface area contributed by atoms with Crippen LogP contribution in [0.4, 0.5) is 5.69 Å². The van der Waals surface area contributed by atoms with Gasteiger partial charge in [0.2, 0.25) is 5.70 Å². The van der Waals surface area contributed by atoms with E-state index in [-0.39, 0.29) is 10.7 Å².